The van der Waals surface area contributed by atoms with Crippen LogP contribution in [-0.4, -0.2) is 14.7 Å². The number of hydrogen-bond donors (Lipinski definition) is 1. The summed E-state index contributed by atoms with van der Waals surface area (Å²) in [5.41, 5.74) is 1.56. The van der Waals surface area contributed by atoms with E-state index in [9.17, 15) is 8.42 Å². The molecule has 14 heavy (non-hydrogen) atoms. The van der Waals surface area contributed by atoms with Crippen molar-refractivity contribution in [1.82, 2.24) is 0 Å². The topological polar surface area (TPSA) is 46.2 Å². The molecule has 4 heteroatoms. The molecule has 1 aromatic carbocycles. The number of aryl methyl sites for hydroxylation is 1. The fourth-order valence-electron chi connectivity index (χ4n) is 0.887. The highest BCUT2D eigenvalue weighted by atomic mass is 32.2. The molecule has 80 valence electrons. The average molecular weight is 215 g/mol. The van der Waals surface area contributed by atoms with Gasteiger partial charge in [0, 0.05) is 0 Å². The van der Waals surface area contributed by atoms with E-state index in [2.05, 4.69) is 4.72 Å². The lowest BCUT2D eigenvalue weighted by molar-refractivity contribution is 0.607. The average Bonchev–Trinajstić information content (AvgIpc) is 2.10. The fourth-order valence-corrected chi connectivity index (χ4v) is 1.52. The Balaban J connectivity index is 0.000000791. The first kappa shape index (κ1) is 13.0. The number of benzene rings is 1. The molecule has 0 aromatic heterocycles. The van der Waals surface area contributed by atoms with Gasteiger partial charge in [-0.3, -0.25) is 4.72 Å². The molecule has 0 spiro atoms. The Morgan fingerprint density at radius 1 is 1.14 bits per heavy atom. The van der Waals surface area contributed by atoms with Gasteiger partial charge < -0.3 is 0 Å². The summed E-state index contributed by atoms with van der Waals surface area (Å²) in [6.07, 6.45) is 1.14. The summed E-state index contributed by atoms with van der Waals surface area (Å²) >= 11 is 0. The van der Waals surface area contributed by atoms with Crippen LogP contribution in [0.25, 0.3) is 0 Å². The molecular formula is C10H17NO2S. The molecule has 0 unspecified atom stereocenters. The van der Waals surface area contributed by atoms with Crippen LogP contribution in [0, 0.1) is 6.92 Å². The summed E-state index contributed by atoms with van der Waals surface area (Å²) in [5.74, 6) is 0. The Labute approximate surface area is 86.2 Å². The standard InChI is InChI=1S/C8H11NO2S.C2H6/c1-7-5-3-4-6-8(7)9-12(2,10)11;1-2/h3-6,9H,1-2H3;1-2H3. The van der Waals surface area contributed by atoms with Crippen molar-refractivity contribution in [3.63, 3.8) is 0 Å². The molecule has 0 radical (unpaired) electrons. The second kappa shape index (κ2) is 5.65. The normalized spacial score (nSPS) is 10.0. The van der Waals surface area contributed by atoms with Gasteiger partial charge >= 0.3 is 0 Å². The van der Waals surface area contributed by atoms with Gasteiger partial charge in [-0.15, -0.1) is 0 Å². The minimum absolute atomic E-state index is 0.639. The number of anilines is 1. The van der Waals surface area contributed by atoms with Crippen LogP contribution in [0.3, 0.4) is 0 Å². The van der Waals surface area contributed by atoms with Crippen molar-refractivity contribution >= 4 is 15.7 Å². The van der Waals surface area contributed by atoms with Crippen molar-refractivity contribution in [3.8, 4) is 0 Å². The third kappa shape index (κ3) is 4.87. The molecule has 0 saturated heterocycles. The van der Waals surface area contributed by atoms with E-state index in [1.807, 2.05) is 32.9 Å². The largest absolute Gasteiger partial charge is 0.284 e. The Hall–Kier alpha value is -1.03. The third-order valence-corrected chi connectivity index (χ3v) is 2.03. The van der Waals surface area contributed by atoms with E-state index in [1.165, 1.54) is 0 Å². The van der Waals surface area contributed by atoms with E-state index in [1.54, 1.807) is 12.1 Å². The van der Waals surface area contributed by atoms with Crippen LogP contribution in [-0.2, 0) is 10.0 Å². The van der Waals surface area contributed by atoms with Crippen LogP contribution in [0.15, 0.2) is 24.3 Å². The first-order valence-electron chi connectivity index (χ1n) is 4.52. The maximum atomic E-state index is 10.8. The van der Waals surface area contributed by atoms with Crippen molar-refractivity contribution in [2.45, 2.75) is 20.8 Å². The van der Waals surface area contributed by atoms with E-state index >= 15 is 0 Å². The molecule has 0 aliphatic heterocycles. The van der Waals surface area contributed by atoms with Gasteiger partial charge in [-0.25, -0.2) is 8.42 Å². The molecule has 1 aromatic rings. The summed E-state index contributed by atoms with van der Waals surface area (Å²) in [6, 6.07) is 7.24. The van der Waals surface area contributed by atoms with Crippen LogP contribution in [0.2, 0.25) is 0 Å². The van der Waals surface area contributed by atoms with Crippen LogP contribution in [0.4, 0.5) is 5.69 Å². The highest BCUT2D eigenvalue weighted by molar-refractivity contribution is 7.92. The molecule has 0 bridgehead atoms. The summed E-state index contributed by atoms with van der Waals surface area (Å²) in [5, 5.41) is 0. The SMILES string of the molecule is CC.Cc1ccccc1NS(C)(=O)=O. The summed E-state index contributed by atoms with van der Waals surface area (Å²) in [7, 11) is -3.15. The highest BCUT2D eigenvalue weighted by Gasteiger charge is 2.02. The zero-order chi connectivity index (χ0) is 11.2. The second-order valence-corrected chi connectivity index (χ2v) is 4.44. The van der Waals surface area contributed by atoms with Gasteiger partial charge in [0.05, 0.1) is 11.9 Å². The minimum Gasteiger partial charge on any atom is -0.284 e. The van der Waals surface area contributed by atoms with E-state index in [0.717, 1.165) is 11.8 Å². The van der Waals surface area contributed by atoms with Crippen molar-refractivity contribution in [3.05, 3.63) is 29.8 Å². The Morgan fingerprint density at radius 2 is 1.64 bits per heavy atom. The first-order valence-corrected chi connectivity index (χ1v) is 6.41. The predicted octanol–water partition coefficient (Wildman–Crippen LogP) is 2.39. The van der Waals surface area contributed by atoms with Crippen molar-refractivity contribution in [2.24, 2.45) is 0 Å². The van der Waals surface area contributed by atoms with Crippen LogP contribution in [0.1, 0.15) is 19.4 Å². The third-order valence-electron chi connectivity index (χ3n) is 1.44. The summed E-state index contributed by atoms with van der Waals surface area (Å²) in [4.78, 5) is 0. The number of para-hydroxylation sites is 1. The molecule has 1 N–H and O–H groups in total. The molecule has 0 fully saturated rings. The Morgan fingerprint density at radius 3 is 2.07 bits per heavy atom. The molecule has 0 heterocycles. The van der Waals surface area contributed by atoms with Crippen molar-refractivity contribution in [1.29, 1.82) is 0 Å². The van der Waals surface area contributed by atoms with Gasteiger partial charge in [0.2, 0.25) is 10.0 Å². The van der Waals surface area contributed by atoms with Crippen molar-refractivity contribution in [2.75, 3.05) is 11.0 Å². The first-order chi connectivity index (χ1) is 6.49. The monoisotopic (exact) mass is 215 g/mol. The lowest BCUT2D eigenvalue weighted by Gasteiger charge is -2.05. The van der Waals surface area contributed by atoms with Gasteiger partial charge in [-0.05, 0) is 18.6 Å². The van der Waals surface area contributed by atoms with Crippen molar-refractivity contribution < 1.29 is 8.42 Å². The van der Waals surface area contributed by atoms with Gasteiger partial charge in [-0.2, -0.15) is 0 Å². The molecule has 0 saturated carbocycles. The molecule has 0 atom stereocenters. The van der Waals surface area contributed by atoms with Crippen LogP contribution in [0.5, 0.6) is 0 Å². The molecule has 0 aliphatic rings. The van der Waals surface area contributed by atoms with E-state index in [4.69, 9.17) is 0 Å². The van der Waals surface area contributed by atoms with Gasteiger partial charge in [-0.1, -0.05) is 32.0 Å². The van der Waals surface area contributed by atoms with Gasteiger partial charge in [0.1, 0.15) is 0 Å². The number of rotatable bonds is 2. The van der Waals surface area contributed by atoms with Crippen LogP contribution < -0.4 is 4.72 Å². The lowest BCUT2D eigenvalue weighted by atomic mass is 10.2. The fraction of sp³-hybridized carbons (Fsp3) is 0.400. The number of sulfonamides is 1. The van der Waals surface area contributed by atoms with Gasteiger partial charge in [0.25, 0.3) is 0 Å². The predicted molar refractivity (Wildman–Crippen MR) is 61.0 cm³/mol. The molecule has 1 rings (SSSR count). The lowest BCUT2D eigenvalue weighted by Crippen LogP contribution is -2.10. The van der Waals surface area contributed by atoms with E-state index in [0.29, 0.717) is 5.69 Å². The smallest absolute Gasteiger partial charge is 0.229 e. The Bertz CT molecular complexity index is 371. The van der Waals surface area contributed by atoms with Gasteiger partial charge in [0.15, 0.2) is 0 Å². The van der Waals surface area contributed by atoms with E-state index < -0.39 is 10.0 Å². The van der Waals surface area contributed by atoms with E-state index in [-0.39, 0.29) is 0 Å². The zero-order valence-corrected chi connectivity index (χ0v) is 9.85. The molecule has 0 amide bonds. The zero-order valence-electron chi connectivity index (χ0n) is 9.03. The Kier molecular flexibility index (Phi) is 5.23. The molecule has 3 nitrogen and oxygen atoms in total. The second-order valence-electron chi connectivity index (χ2n) is 2.69. The molecular weight excluding hydrogens is 198 g/mol. The maximum absolute atomic E-state index is 10.8. The highest BCUT2D eigenvalue weighted by Crippen LogP contribution is 2.13. The maximum Gasteiger partial charge on any atom is 0.229 e. The quantitative estimate of drug-likeness (QED) is 0.823. The number of hydrogen-bond acceptors (Lipinski definition) is 2. The summed E-state index contributed by atoms with van der Waals surface area (Å²) in [6.45, 7) is 5.85. The minimum atomic E-state index is -3.15. The van der Waals surface area contributed by atoms with Crippen LogP contribution >= 0.6 is 0 Å². The molecule has 0 aliphatic carbocycles. The summed E-state index contributed by atoms with van der Waals surface area (Å²) < 4.78 is 24.1. The number of nitrogens with one attached hydrogen (secondary N) is 1.